The van der Waals surface area contributed by atoms with E-state index in [9.17, 15) is 0 Å². The average molecular weight is 242 g/mol. The van der Waals surface area contributed by atoms with Gasteiger partial charge in [-0.15, -0.1) is 0 Å². The van der Waals surface area contributed by atoms with Crippen molar-refractivity contribution in [3.05, 3.63) is 60.2 Å². The molecule has 2 heterocycles. The van der Waals surface area contributed by atoms with Crippen LogP contribution in [0.25, 0.3) is 0 Å². The Balaban J connectivity index is 0.000000180. The van der Waals surface area contributed by atoms with Crippen molar-refractivity contribution >= 4 is 0 Å². The highest BCUT2D eigenvalue weighted by atomic mass is 14.7. The van der Waals surface area contributed by atoms with Crippen LogP contribution in [0.2, 0.25) is 0 Å². The van der Waals surface area contributed by atoms with E-state index in [-0.39, 0.29) is 0 Å². The van der Waals surface area contributed by atoms with Crippen molar-refractivity contribution in [3.8, 4) is 0 Å². The lowest BCUT2D eigenvalue weighted by Gasteiger charge is -2.00. The lowest BCUT2D eigenvalue weighted by atomic mass is 10.1. The second-order valence-electron chi connectivity index (χ2n) is 4.85. The topological polar surface area (TPSA) is 25.8 Å². The minimum Gasteiger partial charge on any atom is -0.264 e. The maximum Gasteiger partial charge on any atom is 0.0428 e. The van der Waals surface area contributed by atoms with Crippen LogP contribution < -0.4 is 0 Å². The molecule has 2 aromatic rings. The Bertz CT molecular complexity index is 378. The van der Waals surface area contributed by atoms with Gasteiger partial charge >= 0.3 is 0 Å². The fourth-order valence-electron chi connectivity index (χ4n) is 1.43. The van der Waals surface area contributed by atoms with Crippen LogP contribution in [0.15, 0.2) is 48.9 Å². The van der Waals surface area contributed by atoms with Crippen molar-refractivity contribution < 1.29 is 0 Å². The van der Waals surface area contributed by atoms with Crippen LogP contribution in [-0.4, -0.2) is 9.97 Å². The number of aromatic nitrogens is 2. The second kappa shape index (κ2) is 7.59. The number of hydrogen-bond donors (Lipinski definition) is 0. The third kappa shape index (κ3) is 5.09. The van der Waals surface area contributed by atoms with Crippen LogP contribution >= 0.6 is 0 Å². The monoisotopic (exact) mass is 242 g/mol. The van der Waals surface area contributed by atoms with Crippen molar-refractivity contribution in [1.82, 2.24) is 9.97 Å². The molecule has 0 saturated carbocycles. The third-order valence-corrected chi connectivity index (χ3v) is 2.63. The predicted molar refractivity (Wildman–Crippen MR) is 76.7 cm³/mol. The first-order chi connectivity index (χ1) is 8.61. The highest BCUT2D eigenvalue weighted by Gasteiger charge is 1.95. The molecule has 0 amide bonds. The molecule has 96 valence electrons. The largest absolute Gasteiger partial charge is 0.264 e. The van der Waals surface area contributed by atoms with Gasteiger partial charge in [0.15, 0.2) is 0 Å². The molecular formula is C16H22N2. The molecule has 0 aliphatic rings. The summed E-state index contributed by atoms with van der Waals surface area (Å²) in [6.45, 7) is 8.61. The van der Waals surface area contributed by atoms with Gasteiger partial charge in [-0.1, -0.05) is 39.8 Å². The highest BCUT2D eigenvalue weighted by molar-refractivity contribution is 5.12. The van der Waals surface area contributed by atoms with Crippen molar-refractivity contribution in [2.75, 3.05) is 0 Å². The zero-order valence-electron chi connectivity index (χ0n) is 11.7. The van der Waals surface area contributed by atoms with Gasteiger partial charge in [0.25, 0.3) is 0 Å². The van der Waals surface area contributed by atoms with Crippen molar-refractivity contribution in [2.45, 2.75) is 39.5 Å². The maximum absolute atomic E-state index is 4.18. The number of pyridine rings is 2. The van der Waals surface area contributed by atoms with E-state index in [4.69, 9.17) is 0 Å². The molecule has 2 nitrogen and oxygen atoms in total. The first kappa shape index (κ1) is 14.4. The second-order valence-corrected chi connectivity index (χ2v) is 4.85. The summed E-state index contributed by atoms with van der Waals surface area (Å²) in [6.07, 6.45) is 5.53. The zero-order chi connectivity index (χ0) is 13.4. The van der Waals surface area contributed by atoms with Gasteiger partial charge < -0.3 is 0 Å². The molecule has 0 bridgehead atoms. The van der Waals surface area contributed by atoms with E-state index in [1.165, 1.54) is 5.56 Å². The Kier molecular flexibility index (Phi) is 6.06. The van der Waals surface area contributed by atoms with Gasteiger partial charge in [0.05, 0.1) is 0 Å². The van der Waals surface area contributed by atoms with E-state index in [1.807, 2.05) is 36.7 Å². The summed E-state index contributed by atoms with van der Waals surface area (Å²) in [6, 6.07) is 10.1. The van der Waals surface area contributed by atoms with Gasteiger partial charge in [-0.05, 0) is 35.6 Å². The molecule has 0 unspecified atom stereocenters. The summed E-state index contributed by atoms with van der Waals surface area (Å²) >= 11 is 0. The Labute approximate surface area is 110 Å². The lowest BCUT2D eigenvalue weighted by molar-refractivity contribution is 0.823. The molecule has 18 heavy (non-hydrogen) atoms. The van der Waals surface area contributed by atoms with Crippen molar-refractivity contribution in [2.24, 2.45) is 0 Å². The Morgan fingerprint density at radius 2 is 1.61 bits per heavy atom. The van der Waals surface area contributed by atoms with E-state index < -0.39 is 0 Å². The number of rotatable bonds is 2. The molecule has 0 fully saturated rings. The predicted octanol–water partition coefficient (Wildman–Crippen LogP) is 4.41. The van der Waals surface area contributed by atoms with Crippen LogP contribution in [0, 0.1) is 0 Å². The van der Waals surface area contributed by atoms with Crippen LogP contribution in [0.3, 0.4) is 0 Å². The number of hydrogen-bond acceptors (Lipinski definition) is 2. The van der Waals surface area contributed by atoms with Gasteiger partial charge in [-0.2, -0.15) is 0 Å². The van der Waals surface area contributed by atoms with Crippen LogP contribution in [0.1, 0.15) is 50.8 Å². The Morgan fingerprint density at radius 1 is 0.833 bits per heavy atom. The van der Waals surface area contributed by atoms with E-state index in [0.29, 0.717) is 11.8 Å². The molecule has 2 heteroatoms. The average Bonchev–Trinajstić information content (AvgIpc) is 2.41. The molecule has 0 N–H and O–H groups in total. The minimum absolute atomic E-state index is 0.547. The minimum atomic E-state index is 0.547. The molecule has 2 rings (SSSR count). The van der Waals surface area contributed by atoms with E-state index >= 15 is 0 Å². The molecule has 0 aliphatic carbocycles. The van der Waals surface area contributed by atoms with E-state index in [0.717, 1.165) is 5.69 Å². The fraction of sp³-hybridized carbons (Fsp3) is 0.375. The maximum atomic E-state index is 4.18. The fourth-order valence-corrected chi connectivity index (χ4v) is 1.43. The highest BCUT2D eigenvalue weighted by Crippen LogP contribution is 2.10. The summed E-state index contributed by atoms with van der Waals surface area (Å²) in [5.74, 6) is 1.14. The van der Waals surface area contributed by atoms with Gasteiger partial charge in [-0.3, -0.25) is 9.97 Å². The van der Waals surface area contributed by atoms with Crippen molar-refractivity contribution in [3.63, 3.8) is 0 Å². The van der Waals surface area contributed by atoms with Gasteiger partial charge in [0.1, 0.15) is 0 Å². The third-order valence-electron chi connectivity index (χ3n) is 2.63. The van der Waals surface area contributed by atoms with Crippen LogP contribution in [0.4, 0.5) is 0 Å². The SMILES string of the molecule is CC(C)c1ccccn1.CC(C)c1cccnc1. The first-order valence-corrected chi connectivity index (χ1v) is 6.42. The smallest absolute Gasteiger partial charge is 0.0428 e. The quantitative estimate of drug-likeness (QED) is 0.779. The van der Waals surface area contributed by atoms with Crippen LogP contribution in [0.5, 0.6) is 0 Å². The summed E-state index contributed by atoms with van der Waals surface area (Å²) in [7, 11) is 0. The Hall–Kier alpha value is -1.70. The molecule has 0 spiro atoms. The van der Waals surface area contributed by atoms with Crippen LogP contribution in [-0.2, 0) is 0 Å². The molecule has 0 atom stereocenters. The molecular weight excluding hydrogens is 220 g/mol. The Morgan fingerprint density at radius 3 is 1.94 bits per heavy atom. The van der Waals surface area contributed by atoms with Gasteiger partial charge in [0, 0.05) is 24.3 Å². The summed E-state index contributed by atoms with van der Waals surface area (Å²) in [5, 5.41) is 0. The molecule has 0 aromatic carbocycles. The standard InChI is InChI=1S/2C8H11N/c1-7(2)8-4-3-5-9-6-8;1-7(2)8-5-3-4-6-9-8/h2*3-7H,1-2H3. The van der Waals surface area contributed by atoms with E-state index in [2.05, 4.69) is 43.7 Å². The van der Waals surface area contributed by atoms with Gasteiger partial charge in [0.2, 0.25) is 0 Å². The first-order valence-electron chi connectivity index (χ1n) is 6.42. The zero-order valence-corrected chi connectivity index (χ0v) is 11.7. The normalized spacial score (nSPS) is 10.1. The number of nitrogens with zero attached hydrogens (tertiary/aromatic N) is 2. The van der Waals surface area contributed by atoms with Crippen molar-refractivity contribution in [1.29, 1.82) is 0 Å². The summed E-state index contributed by atoms with van der Waals surface area (Å²) in [4.78, 5) is 8.18. The lowest BCUT2D eigenvalue weighted by Crippen LogP contribution is -1.88. The summed E-state index contributed by atoms with van der Waals surface area (Å²) < 4.78 is 0. The molecule has 0 saturated heterocycles. The molecule has 2 aromatic heterocycles. The molecule has 0 aliphatic heterocycles. The van der Waals surface area contributed by atoms with E-state index in [1.54, 1.807) is 6.20 Å². The molecule has 0 radical (unpaired) electrons. The van der Waals surface area contributed by atoms with Gasteiger partial charge in [-0.25, -0.2) is 0 Å². The summed E-state index contributed by atoms with van der Waals surface area (Å²) in [5.41, 5.74) is 2.47.